The van der Waals surface area contributed by atoms with Gasteiger partial charge in [0.1, 0.15) is 5.76 Å². The average Bonchev–Trinajstić information content (AvgIpc) is 3.17. The van der Waals surface area contributed by atoms with Crippen molar-refractivity contribution in [3.63, 3.8) is 0 Å². The van der Waals surface area contributed by atoms with Gasteiger partial charge in [-0.05, 0) is 69.4 Å². The predicted octanol–water partition coefficient (Wildman–Crippen LogP) is 4.20. The van der Waals surface area contributed by atoms with Gasteiger partial charge in [-0.2, -0.15) is 0 Å². The molecule has 0 radical (unpaired) electrons. The van der Waals surface area contributed by atoms with E-state index >= 15 is 0 Å². The van der Waals surface area contributed by atoms with Crippen LogP contribution >= 0.6 is 12.4 Å². The van der Waals surface area contributed by atoms with Crippen LogP contribution in [0.3, 0.4) is 0 Å². The first-order chi connectivity index (χ1) is 12.9. The highest BCUT2D eigenvalue weighted by Crippen LogP contribution is 2.31. The van der Waals surface area contributed by atoms with Crippen molar-refractivity contribution in [1.82, 2.24) is 15.0 Å². The summed E-state index contributed by atoms with van der Waals surface area (Å²) >= 11 is 0. The molecule has 0 aliphatic heterocycles. The van der Waals surface area contributed by atoms with E-state index in [9.17, 15) is 4.79 Å². The summed E-state index contributed by atoms with van der Waals surface area (Å²) in [5, 5.41) is 7.29. The molecule has 28 heavy (non-hydrogen) atoms. The Morgan fingerprint density at radius 2 is 2.04 bits per heavy atom. The van der Waals surface area contributed by atoms with Crippen LogP contribution in [-0.4, -0.2) is 15.6 Å². The summed E-state index contributed by atoms with van der Waals surface area (Å²) in [6, 6.07) is 9.74. The minimum Gasteiger partial charge on any atom is -0.399 e. The van der Waals surface area contributed by atoms with Crippen molar-refractivity contribution in [2.24, 2.45) is 0 Å². The highest BCUT2D eigenvalue weighted by molar-refractivity contribution is 5.96. The number of nitrogens with one attached hydrogen (secondary N) is 1. The standard InChI is InChI=1S/C21H24N4O2.ClH/c1-12-9-18(14(3)25(12)20-10-13(2)27-24-20)21(26)23-19-6-4-5-15-11-16(22)7-8-17(15)19;/h7-11,19H,4-6,22H2,1-3H3,(H,23,26);1H. The van der Waals surface area contributed by atoms with Crippen molar-refractivity contribution in [2.75, 3.05) is 5.73 Å². The fourth-order valence-electron chi connectivity index (χ4n) is 4.02. The normalized spacial score (nSPS) is 15.6. The SMILES string of the molecule is Cc1cc(-n2c(C)cc(C(=O)NC3CCCc4cc(N)ccc43)c2C)no1.Cl. The number of nitrogens with zero attached hydrogens (tertiary/aromatic N) is 2. The molecule has 3 N–H and O–H groups in total. The lowest BCUT2D eigenvalue weighted by atomic mass is 9.87. The molecule has 4 rings (SSSR count). The lowest BCUT2D eigenvalue weighted by Crippen LogP contribution is -2.31. The van der Waals surface area contributed by atoms with Gasteiger partial charge in [0, 0.05) is 23.1 Å². The number of amides is 1. The van der Waals surface area contributed by atoms with Gasteiger partial charge in [0.25, 0.3) is 5.91 Å². The van der Waals surface area contributed by atoms with Crippen molar-refractivity contribution < 1.29 is 9.32 Å². The Hall–Kier alpha value is -2.73. The molecular formula is C21H25ClN4O2. The third-order valence-corrected chi connectivity index (χ3v) is 5.31. The van der Waals surface area contributed by atoms with E-state index in [2.05, 4.69) is 10.5 Å². The molecule has 0 saturated carbocycles. The average molecular weight is 401 g/mol. The largest absolute Gasteiger partial charge is 0.399 e. The molecule has 6 nitrogen and oxygen atoms in total. The summed E-state index contributed by atoms with van der Waals surface area (Å²) in [4.78, 5) is 13.0. The number of nitrogens with two attached hydrogens (primary N) is 1. The third kappa shape index (κ3) is 3.52. The van der Waals surface area contributed by atoms with E-state index in [1.54, 1.807) is 0 Å². The van der Waals surface area contributed by atoms with E-state index < -0.39 is 0 Å². The molecule has 1 aliphatic carbocycles. The second-order valence-corrected chi connectivity index (χ2v) is 7.29. The first-order valence-electron chi connectivity index (χ1n) is 9.26. The highest BCUT2D eigenvalue weighted by Gasteiger charge is 2.25. The molecule has 2 heterocycles. The van der Waals surface area contributed by atoms with Gasteiger partial charge in [0.2, 0.25) is 0 Å². The lowest BCUT2D eigenvalue weighted by molar-refractivity contribution is 0.0932. The predicted molar refractivity (Wildman–Crippen MR) is 111 cm³/mol. The van der Waals surface area contributed by atoms with Crippen molar-refractivity contribution in [3.05, 3.63) is 64.2 Å². The van der Waals surface area contributed by atoms with Gasteiger partial charge in [0.15, 0.2) is 5.82 Å². The number of nitrogen functional groups attached to an aromatic ring is 1. The number of halogens is 1. The van der Waals surface area contributed by atoms with Gasteiger partial charge in [-0.15, -0.1) is 12.4 Å². The molecular weight excluding hydrogens is 376 g/mol. The van der Waals surface area contributed by atoms with Crippen LogP contribution in [-0.2, 0) is 6.42 Å². The molecule has 3 aromatic rings. The number of fused-ring (bicyclic) bond motifs is 1. The molecule has 0 spiro atoms. The number of aryl methyl sites for hydroxylation is 3. The molecule has 0 bridgehead atoms. The maximum Gasteiger partial charge on any atom is 0.253 e. The van der Waals surface area contributed by atoms with Gasteiger partial charge >= 0.3 is 0 Å². The van der Waals surface area contributed by atoms with Crippen LogP contribution in [0.15, 0.2) is 34.9 Å². The molecule has 1 atom stereocenters. The molecule has 1 aliphatic rings. The van der Waals surface area contributed by atoms with E-state index in [4.69, 9.17) is 10.3 Å². The first-order valence-corrected chi connectivity index (χ1v) is 9.26. The topological polar surface area (TPSA) is 86.1 Å². The fraction of sp³-hybridized carbons (Fsp3) is 0.333. The Morgan fingerprint density at radius 3 is 2.75 bits per heavy atom. The molecule has 0 saturated heterocycles. The number of aromatic nitrogens is 2. The molecule has 2 aromatic heterocycles. The van der Waals surface area contributed by atoms with Gasteiger partial charge in [-0.25, -0.2) is 0 Å². The maximum atomic E-state index is 13.0. The van der Waals surface area contributed by atoms with E-state index in [0.717, 1.165) is 42.1 Å². The number of benzene rings is 1. The number of hydrogen-bond donors (Lipinski definition) is 2. The number of carbonyl (C=O) groups excluding carboxylic acids is 1. The molecule has 1 unspecified atom stereocenters. The minimum absolute atomic E-state index is 0. The van der Waals surface area contributed by atoms with Crippen LogP contribution in [0.25, 0.3) is 5.82 Å². The summed E-state index contributed by atoms with van der Waals surface area (Å²) in [5.74, 6) is 1.37. The van der Waals surface area contributed by atoms with Gasteiger partial charge in [-0.1, -0.05) is 11.2 Å². The van der Waals surface area contributed by atoms with Gasteiger partial charge in [0.05, 0.1) is 11.6 Å². The van der Waals surface area contributed by atoms with E-state index in [-0.39, 0.29) is 24.4 Å². The van der Waals surface area contributed by atoms with Crippen LogP contribution < -0.4 is 11.1 Å². The summed E-state index contributed by atoms with van der Waals surface area (Å²) in [5.41, 5.74) is 11.5. The Balaban J connectivity index is 0.00000225. The molecule has 7 heteroatoms. The molecule has 1 aromatic carbocycles. The van der Waals surface area contributed by atoms with Gasteiger partial charge in [-0.3, -0.25) is 9.36 Å². The smallest absolute Gasteiger partial charge is 0.253 e. The number of carbonyl (C=O) groups is 1. The van der Waals surface area contributed by atoms with Crippen LogP contribution in [0.5, 0.6) is 0 Å². The van der Waals surface area contributed by atoms with E-state index in [0.29, 0.717) is 11.4 Å². The summed E-state index contributed by atoms with van der Waals surface area (Å²) in [7, 11) is 0. The Labute approximate surface area is 170 Å². The lowest BCUT2D eigenvalue weighted by Gasteiger charge is -2.26. The minimum atomic E-state index is -0.0655. The molecule has 0 fully saturated rings. The van der Waals surface area contributed by atoms with Crippen LogP contribution in [0.2, 0.25) is 0 Å². The van der Waals surface area contributed by atoms with Crippen molar-refractivity contribution in [2.45, 2.75) is 46.1 Å². The van der Waals surface area contributed by atoms with Gasteiger partial charge < -0.3 is 15.6 Å². The van der Waals surface area contributed by atoms with Crippen molar-refractivity contribution in [3.8, 4) is 5.82 Å². The zero-order valence-corrected chi connectivity index (χ0v) is 17.1. The van der Waals surface area contributed by atoms with Crippen LogP contribution in [0, 0.1) is 20.8 Å². The van der Waals surface area contributed by atoms with Crippen LogP contribution in [0.4, 0.5) is 5.69 Å². The quantitative estimate of drug-likeness (QED) is 0.645. The second kappa shape index (κ2) is 7.72. The zero-order valence-electron chi connectivity index (χ0n) is 16.3. The summed E-state index contributed by atoms with van der Waals surface area (Å²) in [6.07, 6.45) is 2.98. The number of hydrogen-bond acceptors (Lipinski definition) is 4. The summed E-state index contributed by atoms with van der Waals surface area (Å²) in [6.45, 7) is 5.75. The molecule has 1 amide bonds. The van der Waals surface area contributed by atoms with Crippen LogP contribution in [0.1, 0.15) is 57.5 Å². The Morgan fingerprint density at radius 1 is 1.25 bits per heavy atom. The van der Waals surface area contributed by atoms with Crippen molar-refractivity contribution in [1.29, 1.82) is 0 Å². The van der Waals surface area contributed by atoms with E-state index in [1.165, 1.54) is 11.1 Å². The number of rotatable bonds is 3. The third-order valence-electron chi connectivity index (χ3n) is 5.31. The zero-order chi connectivity index (χ0) is 19.1. The number of anilines is 1. The maximum absolute atomic E-state index is 13.0. The fourth-order valence-corrected chi connectivity index (χ4v) is 4.02. The second-order valence-electron chi connectivity index (χ2n) is 7.29. The Bertz CT molecular complexity index is 1020. The monoisotopic (exact) mass is 400 g/mol. The first kappa shape index (κ1) is 20.0. The summed E-state index contributed by atoms with van der Waals surface area (Å²) < 4.78 is 7.13. The highest BCUT2D eigenvalue weighted by atomic mass is 35.5. The van der Waals surface area contributed by atoms with Crippen molar-refractivity contribution >= 4 is 24.0 Å². The Kier molecular flexibility index (Phi) is 5.52. The van der Waals surface area contributed by atoms with E-state index in [1.807, 2.05) is 55.7 Å². The molecule has 148 valence electrons.